The highest BCUT2D eigenvalue weighted by atomic mass is 16.5. The number of aromatic nitrogens is 3. The predicted molar refractivity (Wildman–Crippen MR) is 79.2 cm³/mol. The molecule has 0 aromatic carbocycles. The molecule has 0 saturated carbocycles. The van der Waals surface area contributed by atoms with E-state index in [0.29, 0.717) is 23.0 Å². The smallest absolute Gasteiger partial charge is 0.269 e. The summed E-state index contributed by atoms with van der Waals surface area (Å²) in [6.07, 6.45) is 1.56. The minimum atomic E-state index is -0.229. The molecule has 1 atom stereocenters. The Morgan fingerprint density at radius 1 is 1.50 bits per heavy atom. The third kappa shape index (κ3) is 2.83. The molecule has 1 amide bonds. The maximum Gasteiger partial charge on any atom is 0.269 e. The molecule has 0 radical (unpaired) electrons. The first kappa shape index (κ1) is 14.6. The van der Waals surface area contributed by atoms with Crippen LogP contribution in [-0.4, -0.2) is 59.7 Å². The molecule has 1 fully saturated rings. The number of piperazine rings is 1. The summed E-state index contributed by atoms with van der Waals surface area (Å²) in [4.78, 5) is 22.2. The molecule has 2 N–H and O–H groups in total. The first-order valence-electron chi connectivity index (χ1n) is 7.12. The highest BCUT2D eigenvalue weighted by molar-refractivity contribution is 5.92. The molecule has 22 heavy (non-hydrogen) atoms. The van der Waals surface area contributed by atoms with Crippen LogP contribution in [0.5, 0.6) is 0 Å². The Morgan fingerprint density at radius 3 is 3.05 bits per heavy atom. The van der Waals surface area contributed by atoms with Crippen LogP contribution in [0.25, 0.3) is 11.5 Å². The van der Waals surface area contributed by atoms with E-state index < -0.39 is 0 Å². The van der Waals surface area contributed by atoms with Crippen LogP contribution in [0.4, 0.5) is 0 Å². The molecule has 116 valence electrons. The average molecular weight is 302 g/mol. The van der Waals surface area contributed by atoms with Crippen LogP contribution in [0.15, 0.2) is 22.9 Å². The summed E-state index contributed by atoms with van der Waals surface area (Å²) in [5.74, 6) is 0.831. The second-order valence-corrected chi connectivity index (χ2v) is 5.17. The third-order valence-electron chi connectivity index (χ3n) is 3.72. The second-order valence-electron chi connectivity index (χ2n) is 5.17. The number of hydrogen-bond acceptors (Lipinski definition) is 7. The molecule has 8 heteroatoms. The lowest BCUT2D eigenvalue weighted by atomic mass is 10.2. The fourth-order valence-electron chi connectivity index (χ4n) is 2.36. The number of rotatable bonds is 3. The number of hydrogen-bond donors (Lipinski definition) is 2. The van der Waals surface area contributed by atoms with E-state index in [1.54, 1.807) is 25.4 Å². The van der Waals surface area contributed by atoms with Crippen LogP contribution < -0.4 is 10.6 Å². The van der Waals surface area contributed by atoms with Crippen LogP contribution >= 0.6 is 0 Å². The molecular weight excluding hydrogens is 284 g/mol. The van der Waals surface area contributed by atoms with E-state index in [4.69, 9.17) is 4.52 Å². The summed E-state index contributed by atoms with van der Waals surface area (Å²) in [6.45, 7) is 2.70. The van der Waals surface area contributed by atoms with Crippen LogP contribution in [0, 0.1) is 0 Å². The zero-order valence-electron chi connectivity index (χ0n) is 12.5. The molecule has 0 bridgehead atoms. The second kappa shape index (κ2) is 6.20. The maximum atomic E-state index is 11.5. The molecule has 2 aromatic rings. The van der Waals surface area contributed by atoms with Crippen molar-refractivity contribution in [2.45, 2.75) is 6.04 Å². The van der Waals surface area contributed by atoms with Gasteiger partial charge in [0.25, 0.3) is 11.8 Å². The van der Waals surface area contributed by atoms with E-state index >= 15 is 0 Å². The summed E-state index contributed by atoms with van der Waals surface area (Å²) < 4.78 is 5.32. The summed E-state index contributed by atoms with van der Waals surface area (Å²) in [6, 6.07) is 3.48. The summed E-state index contributed by atoms with van der Waals surface area (Å²) in [5, 5.41) is 9.91. The minimum absolute atomic E-state index is 0.101. The molecule has 1 aliphatic rings. The fourth-order valence-corrected chi connectivity index (χ4v) is 2.36. The van der Waals surface area contributed by atoms with Gasteiger partial charge in [0.2, 0.25) is 0 Å². The van der Waals surface area contributed by atoms with Crippen molar-refractivity contribution in [3.8, 4) is 11.5 Å². The Balaban J connectivity index is 1.80. The van der Waals surface area contributed by atoms with Crippen LogP contribution in [0.2, 0.25) is 0 Å². The molecule has 2 aromatic heterocycles. The van der Waals surface area contributed by atoms with Crippen LogP contribution in [0.1, 0.15) is 22.4 Å². The van der Waals surface area contributed by atoms with Crippen molar-refractivity contribution in [2.75, 3.05) is 33.7 Å². The molecule has 8 nitrogen and oxygen atoms in total. The number of nitrogens with zero attached hydrogens (tertiary/aromatic N) is 4. The molecule has 3 rings (SSSR count). The van der Waals surface area contributed by atoms with E-state index in [1.165, 1.54) is 0 Å². The lowest BCUT2D eigenvalue weighted by Crippen LogP contribution is -2.44. The quantitative estimate of drug-likeness (QED) is 0.828. The number of nitrogens with one attached hydrogen (secondary N) is 2. The maximum absolute atomic E-state index is 11.5. The number of carbonyl (C=O) groups excluding carboxylic acids is 1. The minimum Gasteiger partial charge on any atom is -0.354 e. The zero-order valence-corrected chi connectivity index (χ0v) is 12.5. The lowest BCUT2D eigenvalue weighted by Gasteiger charge is -2.30. The van der Waals surface area contributed by atoms with Crippen LogP contribution in [-0.2, 0) is 0 Å². The van der Waals surface area contributed by atoms with Crippen molar-refractivity contribution >= 4 is 5.91 Å². The topological polar surface area (TPSA) is 96.2 Å². The van der Waals surface area contributed by atoms with Gasteiger partial charge in [-0.3, -0.25) is 14.7 Å². The third-order valence-corrected chi connectivity index (χ3v) is 3.72. The van der Waals surface area contributed by atoms with Crippen LogP contribution in [0.3, 0.4) is 0 Å². The normalized spacial score (nSPS) is 19.1. The molecule has 0 aliphatic carbocycles. The molecular formula is C14H18N6O2. The Hall–Kier alpha value is -2.32. The largest absolute Gasteiger partial charge is 0.354 e. The van der Waals surface area contributed by atoms with Gasteiger partial charge in [0.15, 0.2) is 5.82 Å². The van der Waals surface area contributed by atoms with Crippen molar-refractivity contribution in [3.05, 3.63) is 29.8 Å². The first-order valence-corrected chi connectivity index (χ1v) is 7.12. The summed E-state index contributed by atoms with van der Waals surface area (Å²) >= 11 is 0. The summed E-state index contributed by atoms with van der Waals surface area (Å²) in [7, 11) is 3.61. The molecule has 1 aliphatic heterocycles. The van der Waals surface area contributed by atoms with Gasteiger partial charge in [-0.2, -0.15) is 4.98 Å². The number of carbonyl (C=O) groups is 1. The van der Waals surface area contributed by atoms with Crippen molar-refractivity contribution in [2.24, 2.45) is 0 Å². The monoisotopic (exact) mass is 302 g/mol. The van der Waals surface area contributed by atoms with Gasteiger partial charge in [-0.25, -0.2) is 0 Å². The predicted octanol–water partition coefficient (Wildman–Crippen LogP) is 0.0673. The number of likely N-dealkylation sites (N-methyl/N-ethyl adjacent to an activating group) is 1. The van der Waals surface area contributed by atoms with Crippen molar-refractivity contribution in [1.82, 2.24) is 30.7 Å². The number of amides is 1. The van der Waals surface area contributed by atoms with Crippen molar-refractivity contribution in [1.29, 1.82) is 0 Å². The number of pyridine rings is 1. The van der Waals surface area contributed by atoms with E-state index in [-0.39, 0.29) is 11.9 Å². The molecule has 1 unspecified atom stereocenters. The molecule has 0 spiro atoms. The van der Waals surface area contributed by atoms with Crippen molar-refractivity contribution < 1.29 is 9.32 Å². The summed E-state index contributed by atoms with van der Waals surface area (Å²) in [5.41, 5.74) is 1.04. The van der Waals surface area contributed by atoms with Crippen molar-refractivity contribution in [3.63, 3.8) is 0 Å². The SMILES string of the molecule is CNC(=O)c1ccc(-c2nc(C3CNCCN3C)no2)cn1. The Morgan fingerprint density at radius 2 is 2.36 bits per heavy atom. The van der Waals surface area contributed by atoms with E-state index in [2.05, 4.69) is 30.7 Å². The Kier molecular flexibility index (Phi) is 4.12. The average Bonchev–Trinajstić information content (AvgIpc) is 3.04. The highest BCUT2D eigenvalue weighted by Crippen LogP contribution is 2.22. The highest BCUT2D eigenvalue weighted by Gasteiger charge is 2.25. The fraction of sp³-hybridized carbons (Fsp3) is 0.429. The first-order chi connectivity index (χ1) is 10.7. The van der Waals surface area contributed by atoms with Gasteiger partial charge in [-0.05, 0) is 19.2 Å². The van der Waals surface area contributed by atoms with Gasteiger partial charge in [-0.1, -0.05) is 5.16 Å². The van der Waals surface area contributed by atoms with Gasteiger partial charge in [0.05, 0.1) is 11.6 Å². The van der Waals surface area contributed by atoms with E-state index in [1.807, 2.05) is 7.05 Å². The van der Waals surface area contributed by atoms with E-state index in [9.17, 15) is 4.79 Å². The molecule has 3 heterocycles. The Bertz CT molecular complexity index is 654. The van der Waals surface area contributed by atoms with Gasteiger partial charge in [0, 0.05) is 32.9 Å². The standard InChI is InChI=1S/C14H18N6O2/c1-15-13(21)10-4-3-9(7-17-10)14-18-12(19-22-14)11-8-16-5-6-20(11)2/h3-4,7,11,16H,5-6,8H2,1-2H3,(H,15,21). The van der Waals surface area contributed by atoms with Gasteiger partial charge in [0.1, 0.15) is 5.69 Å². The molecule has 1 saturated heterocycles. The zero-order chi connectivity index (χ0) is 15.5. The van der Waals surface area contributed by atoms with Gasteiger partial charge in [-0.15, -0.1) is 0 Å². The Labute approximate surface area is 127 Å². The van der Waals surface area contributed by atoms with E-state index in [0.717, 1.165) is 19.6 Å². The van der Waals surface area contributed by atoms with Gasteiger partial charge >= 0.3 is 0 Å². The lowest BCUT2D eigenvalue weighted by molar-refractivity contribution is 0.0958. The van der Waals surface area contributed by atoms with Gasteiger partial charge < -0.3 is 15.2 Å².